The normalized spacial score (nSPS) is 23.0. The molecule has 0 bridgehead atoms. The molecule has 0 aliphatic carbocycles. The topological polar surface area (TPSA) is 47.3 Å². The van der Waals surface area contributed by atoms with Crippen LogP contribution in [0.15, 0.2) is 22.7 Å². The minimum Gasteiger partial charge on any atom is -0.389 e. The van der Waals surface area contributed by atoms with E-state index in [0.29, 0.717) is 4.99 Å². The van der Waals surface area contributed by atoms with Gasteiger partial charge in [0.1, 0.15) is 4.99 Å². The number of hydrogen-bond donors (Lipinski definition) is 2. The largest absolute Gasteiger partial charge is 0.389 e. The molecule has 1 unspecified atom stereocenters. The molecule has 1 heterocycles. The zero-order chi connectivity index (χ0) is 13.2. The fraction of sp³-hybridized carbons (Fsp3) is 0.462. The second-order valence-electron chi connectivity index (χ2n) is 4.81. The fourth-order valence-electron chi connectivity index (χ4n) is 2.14. The van der Waals surface area contributed by atoms with Crippen LogP contribution in [0.25, 0.3) is 0 Å². The standard InChI is InChI=1S/C13H17BrN2OS/c1-13(5-2-6-17-13)8-16-11-7-9(14)3-4-10(11)12(15)18/h3-4,7,16H,2,5-6,8H2,1H3,(H2,15,18). The van der Waals surface area contributed by atoms with E-state index in [9.17, 15) is 0 Å². The van der Waals surface area contributed by atoms with E-state index in [-0.39, 0.29) is 5.60 Å². The third-order valence-electron chi connectivity index (χ3n) is 3.20. The minimum atomic E-state index is -0.0875. The third-order valence-corrected chi connectivity index (χ3v) is 3.91. The summed E-state index contributed by atoms with van der Waals surface area (Å²) in [6, 6.07) is 5.85. The van der Waals surface area contributed by atoms with E-state index in [1.165, 1.54) is 0 Å². The average molecular weight is 329 g/mol. The minimum absolute atomic E-state index is 0.0875. The van der Waals surface area contributed by atoms with Gasteiger partial charge in [-0.15, -0.1) is 0 Å². The Labute approximate surface area is 121 Å². The third kappa shape index (κ3) is 3.22. The molecule has 3 nitrogen and oxygen atoms in total. The van der Waals surface area contributed by atoms with E-state index < -0.39 is 0 Å². The Hall–Kier alpha value is -0.650. The molecular weight excluding hydrogens is 312 g/mol. The Balaban J connectivity index is 2.12. The summed E-state index contributed by atoms with van der Waals surface area (Å²) in [6.45, 7) is 3.74. The van der Waals surface area contributed by atoms with Crippen molar-refractivity contribution in [2.24, 2.45) is 5.73 Å². The summed E-state index contributed by atoms with van der Waals surface area (Å²) in [5, 5.41) is 3.40. The molecule has 98 valence electrons. The van der Waals surface area contributed by atoms with Gasteiger partial charge in [0.25, 0.3) is 0 Å². The highest BCUT2D eigenvalue weighted by atomic mass is 79.9. The molecule has 18 heavy (non-hydrogen) atoms. The van der Waals surface area contributed by atoms with Crippen molar-refractivity contribution in [1.82, 2.24) is 0 Å². The van der Waals surface area contributed by atoms with Crippen LogP contribution in [0.2, 0.25) is 0 Å². The Morgan fingerprint density at radius 1 is 1.61 bits per heavy atom. The number of halogens is 1. The van der Waals surface area contributed by atoms with Crippen molar-refractivity contribution in [3.8, 4) is 0 Å². The van der Waals surface area contributed by atoms with E-state index in [4.69, 9.17) is 22.7 Å². The number of ether oxygens (including phenoxy) is 1. The number of nitrogens with two attached hydrogens (primary N) is 1. The molecule has 0 spiro atoms. The quantitative estimate of drug-likeness (QED) is 0.834. The van der Waals surface area contributed by atoms with Crippen molar-refractivity contribution in [3.63, 3.8) is 0 Å². The Kier molecular flexibility index (Phi) is 4.25. The fourth-order valence-corrected chi connectivity index (χ4v) is 2.68. The van der Waals surface area contributed by atoms with E-state index in [2.05, 4.69) is 28.2 Å². The first-order valence-electron chi connectivity index (χ1n) is 5.97. The number of rotatable bonds is 4. The molecule has 5 heteroatoms. The predicted octanol–water partition coefficient (Wildman–Crippen LogP) is 3.06. The van der Waals surface area contributed by atoms with E-state index in [1.807, 2.05) is 18.2 Å². The highest BCUT2D eigenvalue weighted by Gasteiger charge is 2.29. The van der Waals surface area contributed by atoms with Crippen LogP contribution in [0.3, 0.4) is 0 Å². The Bertz CT molecular complexity index is 458. The van der Waals surface area contributed by atoms with Crippen LogP contribution in [0.1, 0.15) is 25.3 Å². The van der Waals surface area contributed by atoms with Crippen LogP contribution in [0, 0.1) is 0 Å². The molecule has 1 fully saturated rings. The summed E-state index contributed by atoms with van der Waals surface area (Å²) < 4.78 is 6.76. The molecule has 1 aromatic rings. The van der Waals surface area contributed by atoms with Gasteiger partial charge in [0.05, 0.1) is 5.60 Å². The lowest BCUT2D eigenvalue weighted by molar-refractivity contribution is 0.0315. The van der Waals surface area contributed by atoms with Crippen LogP contribution in [-0.2, 0) is 4.74 Å². The predicted molar refractivity (Wildman–Crippen MR) is 82.1 cm³/mol. The maximum absolute atomic E-state index is 5.75. The van der Waals surface area contributed by atoms with Crippen molar-refractivity contribution in [2.45, 2.75) is 25.4 Å². The summed E-state index contributed by atoms with van der Waals surface area (Å²) >= 11 is 8.52. The second kappa shape index (κ2) is 5.55. The lowest BCUT2D eigenvalue weighted by Crippen LogP contribution is -2.33. The van der Waals surface area contributed by atoms with Gasteiger partial charge in [-0.25, -0.2) is 0 Å². The zero-order valence-corrected chi connectivity index (χ0v) is 12.7. The zero-order valence-electron chi connectivity index (χ0n) is 10.3. The lowest BCUT2D eigenvalue weighted by atomic mass is 10.0. The highest BCUT2D eigenvalue weighted by molar-refractivity contribution is 9.10. The molecule has 1 saturated heterocycles. The maximum atomic E-state index is 5.75. The van der Waals surface area contributed by atoms with Crippen molar-refractivity contribution >= 4 is 38.8 Å². The van der Waals surface area contributed by atoms with E-state index >= 15 is 0 Å². The molecule has 2 rings (SSSR count). The van der Waals surface area contributed by atoms with Crippen LogP contribution >= 0.6 is 28.1 Å². The first kappa shape index (κ1) is 13.8. The first-order valence-corrected chi connectivity index (χ1v) is 7.17. The van der Waals surface area contributed by atoms with Gasteiger partial charge in [-0.2, -0.15) is 0 Å². The van der Waals surface area contributed by atoms with Crippen LogP contribution in [0.5, 0.6) is 0 Å². The number of anilines is 1. The molecule has 1 atom stereocenters. The average Bonchev–Trinajstić information content (AvgIpc) is 2.74. The summed E-state index contributed by atoms with van der Waals surface area (Å²) in [4.78, 5) is 0.405. The van der Waals surface area contributed by atoms with E-state index in [1.54, 1.807) is 0 Å². The van der Waals surface area contributed by atoms with Gasteiger partial charge >= 0.3 is 0 Å². The monoisotopic (exact) mass is 328 g/mol. The summed E-state index contributed by atoms with van der Waals surface area (Å²) in [7, 11) is 0. The number of nitrogens with one attached hydrogen (secondary N) is 1. The van der Waals surface area contributed by atoms with Gasteiger partial charge in [0, 0.05) is 28.9 Å². The van der Waals surface area contributed by atoms with Gasteiger partial charge in [0.2, 0.25) is 0 Å². The van der Waals surface area contributed by atoms with Gasteiger partial charge in [0.15, 0.2) is 0 Å². The SMILES string of the molecule is CC1(CNc2cc(Br)ccc2C(N)=S)CCCO1. The molecule has 1 aromatic carbocycles. The lowest BCUT2D eigenvalue weighted by Gasteiger charge is -2.25. The van der Waals surface area contributed by atoms with E-state index in [0.717, 1.165) is 41.7 Å². The maximum Gasteiger partial charge on any atom is 0.106 e. The molecule has 0 radical (unpaired) electrons. The van der Waals surface area contributed by atoms with Gasteiger partial charge < -0.3 is 15.8 Å². The van der Waals surface area contributed by atoms with Crippen LogP contribution < -0.4 is 11.1 Å². The van der Waals surface area contributed by atoms with Gasteiger partial charge in [-0.1, -0.05) is 28.1 Å². The number of hydrogen-bond acceptors (Lipinski definition) is 3. The number of benzene rings is 1. The molecule has 0 aromatic heterocycles. The van der Waals surface area contributed by atoms with Crippen molar-refractivity contribution < 1.29 is 4.74 Å². The Morgan fingerprint density at radius 2 is 2.39 bits per heavy atom. The summed E-state index contributed by atoms with van der Waals surface area (Å²) in [6.07, 6.45) is 2.20. The summed E-state index contributed by atoms with van der Waals surface area (Å²) in [5.74, 6) is 0. The molecule has 1 aliphatic rings. The smallest absolute Gasteiger partial charge is 0.106 e. The van der Waals surface area contributed by atoms with Crippen molar-refractivity contribution in [2.75, 3.05) is 18.5 Å². The van der Waals surface area contributed by atoms with Crippen molar-refractivity contribution in [3.05, 3.63) is 28.2 Å². The molecule has 1 aliphatic heterocycles. The van der Waals surface area contributed by atoms with Gasteiger partial charge in [-0.05, 0) is 38.0 Å². The molecular formula is C13H17BrN2OS. The highest BCUT2D eigenvalue weighted by Crippen LogP contribution is 2.27. The van der Waals surface area contributed by atoms with Crippen molar-refractivity contribution in [1.29, 1.82) is 0 Å². The van der Waals surface area contributed by atoms with Crippen LogP contribution in [0.4, 0.5) is 5.69 Å². The molecule has 0 amide bonds. The second-order valence-corrected chi connectivity index (χ2v) is 6.17. The van der Waals surface area contributed by atoms with Gasteiger partial charge in [-0.3, -0.25) is 0 Å². The number of thiocarbonyl (C=S) groups is 1. The first-order chi connectivity index (χ1) is 8.50. The molecule has 0 saturated carbocycles. The van der Waals surface area contributed by atoms with Crippen LogP contribution in [-0.4, -0.2) is 23.7 Å². The Morgan fingerprint density at radius 3 is 3.00 bits per heavy atom. The summed E-state index contributed by atoms with van der Waals surface area (Å²) in [5.41, 5.74) is 7.46. The molecule has 3 N–H and O–H groups in total.